The fourth-order valence-corrected chi connectivity index (χ4v) is 8.89. The molecular formula is C28H37N3O5S2. The largest absolute Gasteiger partial charge is 0.392 e. The van der Waals surface area contributed by atoms with E-state index >= 15 is 0 Å². The number of sulfone groups is 1. The molecule has 38 heavy (non-hydrogen) atoms. The number of hydrogen-bond donors (Lipinski definition) is 2. The first-order valence-electron chi connectivity index (χ1n) is 13.0. The molecule has 8 nitrogen and oxygen atoms in total. The maximum Gasteiger partial charge on any atom is 0.241 e. The van der Waals surface area contributed by atoms with Crippen LogP contribution in [0.25, 0.3) is 0 Å². The highest BCUT2D eigenvalue weighted by atomic mass is 32.2. The van der Waals surface area contributed by atoms with Gasteiger partial charge in [0.05, 0.1) is 16.7 Å². The first kappa shape index (κ1) is 28.4. The molecule has 0 saturated heterocycles. The summed E-state index contributed by atoms with van der Waals surface area (Å²) < 4.78 is 25.2. The second kappa shape index (κ2) is 10.9. The van der Waals surface area contributed by atoms with Gasteiger partial charge in [-0.2, -0.15) is 0 Å². The van der Waals surface area contributed by atoms with Crippen LogP contribution in [-0.4, -0.2) is 60.7 Å². The number of fused-ring (bicyclic) bond motifs is 2. The smallest absolute Gasteiger partial charge is 0.241 e. The zero-order valence-electron chi connectivity index (χ0n) is 22.4. The number of likely N-dealkylation sites (N-methyl/N-ethyl adjacent to an activating group) is 1. The predicted molar refractivity (Wildman–Crippen MR) is 149 cm³/mol. The van der Waals surface area contributed by atoms with Crippen LogP contribution in [0.1, 0.15) is 50.1 Å². The Bertz CT molecular complexity index is 1310. The zero-order valence-corrected chi connectivity index (χ0v) is 24.0. The number of aromatic nitrogens is 1. The van der Waals surface area contributed by atoms with Crippen molar-refractivity contribution in [1.82, 2.24) is 9.88 Å². The van der Waals surface area contributed by atoms with Gasteiger partial charge in [0.15, 0.2) is 15.0 Å². The monoisotopic (exact) mass is 559 g/mol. The number of nitrogens with one attached hydrogen (secondary N) is 1. The number of aliphatic hydroxyl groups excluding tert-OH is 1. The molecule has 1 aromatic heterocycles. The van der Waals surface area contributed by atoms with Crippen molar-refractivity contribution >= 4 is 38.1 Å². The molecule has 10 heteroatoms. The zero-order chi connectivity index (χ0) is 27.8. The van der Waals surface area contributed by atoms with Crippen molar-refractivity contribution in [3.8, 4) is 0 Å². The van der Waals surface area contributed by atoms with Crippen molar-refractivity contribution in [2.75, 3.05) is 24.7 Å². The van der Waals surface area contributed by atoms with Gasteiger partial charge in [-0.25, -0.2) is 13.4 Å². The lowest BCUT2D eigenvalue weighted by molar-refractivity contribution is -0.143. The lowest BCUT2D eigenvalue weighted by Gasteiger charge is -2.53. The molecule has 2 amide bonds. The van der Waals surface area contributed by atoms with Gasteiger partial charge in [0.2, 0.25) is 11.8 Å². The molecule has 0 radical (unpaired) electrons. The van der Waals surface area contributed by atoms with Crippen LogP contribution in [0.15, 0.2) is 47.9 Å². The molecule has 0 bridgehead atoms. The molecule has 0 unspecified atom stereocenters. The second-order valence-electron chi connectivity index (χ2n) is 11.1. The molecule has 1 heterocycles. The van der Waals surface area contributed by atoms with E-state index in [4.69, 9.17) is 0 Å². The van der Waals surface area contributed by atoms with Crippen molar-refractivity contribution in [2.45, 2.75) is 57.0 Å². The van der Waals surface area contributed by atoms with Gasteiger partial charge in [0.1, 0.15) is 5.75 Å². The van der Waals surface area contributed by atoms with Crippen molar-refractivity contribution in [3.05, 3.63) is 53.6 Å². The van der Waals surface area contributed by atoms with Gasteiger partial charge in [0.25, 0.3) is 0 Å². The maximum atomic E-state index is 13.0. The molecule has 6 atom stereocenters. The Morgan fingerprint density at radius 2 is 2.03 bits per heavy atom. The van der Waals surface area contributed by atoms with Crippen LogP contribution < -0.4 is 5.32 Å². The van der Waals surface area contributed by atoms with E-state index in [1.807, 2.05) is 13.8 Å². The number of amides is 2. The number of carbonyl (C=O) groups excluding carboxylic acids is 2. The number of carbonyl (C=O) groups is 2. The lowest BCUT2D eigenvalue weighted by Crippen LogP contribution is -2.53. The fraction of sp³-hybridized carbons (Fsp3) is 0.536. The van der Waals surface area contributed by atoms with Crippen LogP contribution in [-0.2, 0) is 25.8 Å². The van der Waals surface area contributed by atoms with E-state index in [9.17, 15) is 23.1 Å². The van der Waals surface area contributed by atoms with Gasteiger partial charge in [-0.15, -0.1) is 17.9 Å². The van der Waals surface area contributed by atoms with E-state index in [0.717, 1.165) is 29.8 Å². The van der Waals surface area contributed by atoms with Crippen LogP contribution in [0.4, 0.5) is 5.13 Å². The number of hydrogen-bond acceptors (Lipinski definition) is 7. The minimum atomic E-state index is -3.76. The Morgan fingerprint density at radius 3 is 2.68 bits per heavy atom. The van der Waals surface area contributed by atoms with Crippen LogP contribution in [0.5, 0.6) is 0 Å². The third kappa shape index (κ3) is 5.44. The molecular weight excluding hydrogens is 522 g/mol. The fourth-order valence-electron chi connectivity index (χ4n) is 6.45. The Balaban J connectivity index is 1.50. The molecule has 1 saturated carbocycles. The maximum absolute atomic E-state index is 13.0. The summed E-state index contributed by atoms with van der Waals surface area (Å²) in [6.07, 6.45) is 3.38. The third-order valence-electron chi connectivity index (χ3n) is 8.40. The molecule has 2 aliphatic rings. The number of thiazole rings is 1. The summed E-state index contributed by atoms with van der Waals surface area (Å²) in [5.41, 5.74) is 0.670. The topological polar surface area (TPSA) is 117 Å². The Hall–Kier alpha value is -2.56. The number of anilines is 1. The van der Waals surface area contributed by atoms with Gasteiger partial charge in [-0.3, -0.25) is 9.59 Å². The van der Waals surface area contributed by atoms with Gasteiger partial charge in [0, 0.05) is 30.3 Å². The highest BCUT2D eigenvalue weighted by Crippen LogP contribution is 2.57. The number of benzene rings is 1. The number of rotatable bonds is 8. The molecule has 0 spiro atoms. The Labute approximate surface area is 229 Å². The summed E-state index contributed by atoms with van der Waals surface area (Å²) >= 11 is 1.38. The van der Waals surface area contributed by atoms with Gasteiger partial charge in [-0.05, 0) is 48.6 Å². The molecule has 1 aromatic carbocycles. The van der Waals surface area contributed by atoms with Gasteiger partial charge < -0.3 is 15.3 Å². The highest BCUT2D eigenvalue weighted by molar-refractivity contribution is 7.92. The minimum absolute atomic E-state index is 0.00539. The number of nitrogens with zero attached hydrogens (tertiary/aromatic N) is 2. The summed E-state index contributed by atoms with van der Waals surface area (Å²) in [6, 6.07) is 7.91. The average Bonchev–Trinajstić information content (AvgIpc) is 3.25. The van der Waals surface area contributed by atoms with E-state index in [1.54, 1.807) is 36.2 Å². The Kier molecular flexibility index (Phi) is 8.16. The van der Waals surface area contributed by atoms with Gasteiger partial charge in [-0.1, -0.05) is 45.0 Å². The van der Waals surface area contributed by atoms with E-state index < -0.39 is 27.6 Å². The summed E-state index contributed by atoms with van der Waals surface area (Å²) in [5.74, 6) is -1.92. The van der Waals surface area contributed by atoms with E-state index in [1.165, 1.54) is 23.5 Å². The van der Waals surface area contributed by atoms with E-state index in [-0.39, 0.29) is 39.9 Å². The van der Waals surface area contributed by atoms with Crippen molar-refractivity contribution in [2.24, 2.45) is 23.2 Å². The Morgan fingerprint density at radius 1 is 1.34 bits per heavy atom. The molecule has 0 aliphatic heterocycles. The van der Waals surface area contributed by atoms with Gasteiger partial charge >= 0.3 is 0 Å². The normalized spacial score (nSPS) is 27.5. The average molecular weight is 560 g/mol. The van der Waals surface area contributed by atoms with Crippen LogP contribution in [0.2, 0.25) is 0 Å². The summed E-state index contributed by atoms with van der Waals surface area (Å²) in [6.45, 7) is 10.3. The van der Waals surface area contributed by atoms with Crippen molar-refractivity contribution in [3.63, 3.8) is 0 Å². The van der Waals surface area contributed by atoms with Crippen LogP contribution in [0, 0.1) is 23.2 Å². The van der Waals surface area contributed by atoms with Crippen molar-refractivity contribution in [1.29, 1.82) is 0 Å². The summed E-state index contributed by atoms with van der Waals surface area (Å²) in [5, 5.41) is 14.7. The number of aliphatic hydroxyl groups is 1. The summed E-state index contributed by atoms with van der Waals surface area (Å²) in [4.78, 5) is 33.1. The highest BCUT2D eigenvalue weighted by Gasteiger charge is 2.54. The molecule has 2 N–H and O–H groups in total. The van der Waals surface area contributed by atoms with Crippen molar-refractivity contribution < 1.29 is 23.1 Å². The molecule has 2 aromatic rings. The molecule has 4 rings (SSSR count). The lowest BCUT2D eigenvalue weighted by atomic mass is 9.53. The first-order chi connectivity index (χ1) is 17.9. The molecule has 2 aliphatic carbocycles. The molecule has 1 fully saturated rings. The predicted octanol–water partition coefficient (Wildman–Crippen LogP) is 3.89. The standard InChI is InChI=1S/C28H37N3O5S2/c1-6-14-31(5)26(34)17(2)20-12-13-28(4)15-21-24(18(3)23(28)25(20)33)30-27(37-21)29-22(32)16-38(35,36)19-10-8-7-9-11-19/h6-11,17-18,20,23,25,33H,1,12-16H2,2-5H3,(H,29,30,32)/t17-,18-,20+,23+,25-,28+/m0/s1. The first-order valence-corrected chi connectivity index (χ1v) is 15.5. The second-order valence-corrected chi connectivity index (χ2v) is 14.2. The summed E-state index contributed by atoms with van der Waals surface area (Å²) in [7, 11) is -2.01. The van der Waals surface area contributed by atoms with Crippen LogP contribution in [0.3, 0.4) is 0 Å². The molecule has 206 valence electrons. The SMILES string of the molecule is C=CCN(C)C(=O)[C@@H](C)[C@H]1CC[C@]2(C)Cc3sc(NC(=O)CS(=O)(=O)c4ccccc4)nc3[C@@H](C)[C@@H]2[C@H]1O. The van der Waals surface area contributed by atoms with E-state index in [0.29, 0.717) is 11.7 Å². The quantitative estimate of drug-likeness (QED) is 0.474. The minimum Gasteiger partial charge on any atom is -0.392 e. The third-order valence-corrected chi connectivity index (χ3v) is 11.0. The van der Waals surface area contributed by atoms with Crippen LogP contribution >= 0.6 is 11.3 Å². The van der Waals surface area contributed by atoms with E-state index in [2.05, 4.69) is 23.8 Å².